The zero-order chi connectivity index (χ0) is 16.4. The molecular weight excluding hydrogens is 307 g/mol. The smallest absolute Gasteiger partial charge is 0.132 e. The summed E-state index contributed by atoms with van der Waals surface area (Å²) in [6.07, 6.45) is 3.87. The molecular formula is C17H13FN6. The molecule has 0 bridgehead atoms. The molecule has 0 aliphatic rings. The Morgan fingerprint density at radius 2 is 1.58 bits per heavy atom. The van der Waals surface area contributed by atoms with Crippen LogP contribution in [0.1, 0.15) is 11.1 Å². The fourth-order valence-corrected chi connectivity index (χ4v) is 2.64. The largest absolute Gasteiger partial charge is 0.258 e. The van der Waals surface area contributed by atoms with Crippen LogP contribution in [-0.2, 0) is 6.42 Å². The van der Waals surface area contributed by atoms with Crippen molar-refractivity contribution in [3.63, 3.8) is 0 Å². The molecule has 0 saturated carbocycles. The van der Waals surface area contributed by atoms with Gasteiger partial charge in [-0.25, -0.2) is 4.39 Å². The molecule has 0 saturated heterocycles. The van der Waals surface area contributed by atoms with Gasteiger partial charge in [-0.1, -0.05) is 34.7 Å². The molecule has 0 unspecified atom stereocenters. The molecule has 0 radical (unpaired) electrons. The molecule has 2 heterocycles. The molecule has 24 heavy (non-hydrogen) atoms. The van der Waals surface area contributed by atoms with Crippen LogP contribution in [0.25, 0.3) is 22.5 Å². The average molecular weight is 320 g/mol. The molecule has 0 spiro atoms. The third kappa shape index (κ3) is 2.79. The molecule has 0 fully saturated rings. The van der Waals surface area contributed by atoms with E-state index in [9.17, 15) is 4.39 Å². The molecule has 4 rings (SSSR count). The van der Waals surface area contributed by atoms with Gasteiger partial charge in [-0.15, -0.1) is 10.2 Å². The first-order chi connectivity index (χ1) is 11.8. The summed E-state index contributed by atoms with van der Waals surface area (Å²) in [6, 6.07) is 13.1. The zero-order valence-electron chi connectivity index (χ0n) is 12.6. The molecule has 2 aromatic heterocycles. The van der Waals surface area contributed by atoms with Crippen LogP contribution in [0.15, 0.2) is 54.9 Å². The van der Waals surface area contributed by atoms with E-state index in [-0.39, 0.29) is 5.82 Å². The fraction of sp³-hybridized carbons (Fsp3) is 0.0588. The SMILES string of the molecule is Fc1ccc(Cc2cccc(-c3cnn[nH]3)c2)cc1-c1cnn[nH]1. The van der Waals surface area contributed by atoms with Gasteiger partial charge in [0, 0.05) is 11.1 Å². The molecule has 2 aromatic carbocycles. The minimum Gasteiger partial charge on any atom is -0.258 e. The number of nitrogens with zero attached hydrogens (tertiary/aromatic N) is 4. The van der Waals surface area contributed by atoms with Crippen LogP contribution < -0.4 is 0 Å². The molecule has 4 aromatic rings. The quantitative estimate of drug-likeness (QED) is 0.605. The lowest BCUT2D eigenvalue weighted by Crippen LogP contribution is -1.93. The predicted octanol–water partition coefficient (Wildman–Crippen LogP) is 2.99. The van der Waals surface area contributed by atoms with Gasteiger partial charge in [0.05, 0.1) is 23.8 Å². The van der Waals surface area contributed by atoms with Gasteiger partial charge in [0.15, 0.2) is 0 Å². The van der Waals surface area contributed by atoms with Crippen LogP contribution in [0.4, 0.5) is 4.39 Å². The Balaban J connectivity index is 1.64. The second-order valence-electron chi connectivity index (χ2n) is 5.43. The van der Waals surface area contributed by atoms with E-state index in [2.05, 4.69) is 36.9 Å². The van der Waals surface area contributed by atoms with Crippen molar-refractivity contribution in [2.45, 2.75) is 6.42 Å². The predicted molar refractivity (Wildman–Crippen MR) is 86.4 cm³/mol. The van der Waals surface area contributed by atoms with Crippen molar-refractivity contribution >= 4 is 0 Å². The standard InChI is InChI=1S/C17H13FN6/c18-15-5-4-12(8-14(15)17-10-20-24-22-17)6-11-2-1-3-13(7-11)16-9-19-23-21-16/h1-5,7-10H,6H2,(H,19,21,23)(H,20,22,24). The van der Waals surface area contributed by atoms with Gasteiger partial charge in [0.25, 0.3) is 0 Å². The molecule has 118 valence electrons. The lowest BCUT2D eigenvalue weighted by atomic mass is 9.99. The highest BCUT2D eigenvalue weighted by Crippen LogP contribution is 2.24. The number of rotatable bonds is 4. The van der Waals surface area contributed by atoms with Crippen molar-refractivity contribution < 1.29 is 4.39 Å². The van der Waals surface area contributed by atoms with Gasteiger partial charge in [0.1, 0.15) is 5.82 Å². The van der Waals surface area contributed by atoms with Crippen LogP contribution in [-0.4, -0.2) is 30.8 Å². The van der Waals surface area contributed by atoms with Gasteiger partial charge < -0.3 is 0 Å². The Morgan fingerprint density at radius 3 is 2.33 bits per heavy atom. The summed E-state index contributed by atoms with van der Waals surface area (Å²) >= 11 is 0. The van der Waals surface area contributed by atoms with Crippen molar-refractivity contribution in [2.24, 2.45) is 0 Å². The summed E-state index contributed by atoms with van der Waals surface area (Å²) in [6.45, 7) is 0. The highest BCUT2D eigenvalue weighted by atomic mass is 19.1. The molecule has 0 atom stereocenters. The van der Waals surface area contributed by atoms with Crippen molar-refractivity contribution in [3.05, 3.63) is 71.8 Å². The summed E-state index contributed by atoms with van der Waals surface area (Å²) in [4.78, 5) is 0. The van der Waals surface area contributed by atoms with Gasteiger partial charge >= 0.3 is 0 Å². The third-order valence-corrected chi connectivity index (χ3v) is 3.80. The van der Waals surface area contributed by atoms with E-state index in [4.69, 9.17) is 0 Å². The Hall–Kier alpha value is -3.35. The molecule has 0 aliphatic heterocycles. The molecule has 7 heteroatoms. The summed E-state index contributed by atoms with van der Waals surface area (Å²) < 4.78 is 14.0. The number of aromatic nitrogens is 6. The molecule has 0 amide bonds. The Labute approximate surface area is 136 Å². The van der Waals surface area contributed by atoms with Crippen LogP contribution in [0.3, 0.4) is 0 Å². The maximum atomic E-state index is 14.0. The number of H-pyrrole nitrogens is 2. The first-order valence-corrected chi connectivity index (χ1v) is 7.40. The number of aromatic amines is 2. The van der Waals surface area contributed by atoms with E-state index in [1.54, 1.807) is 12.3 Å². The normalized spacial score (nSPS) is 10.9. The van der Waals surface area contributed by atoms with Crippen molar-refractivity contribution in [1.29, 1.82) is 0 Å². The van der Waals surface area contributed by atoms with E-state index in [1.165, 1.54) is 12.3 Å². The van der Waals surface area contributed by atoms with Gasteiger partial charge in [-0.3, -0.25) is 10.2 Å². The molecule has 2 N–H and O–H groups in total. The summed E-state index contributed by atoms with van der Waals surface area (Å²) in [7, 11) is 0. The minimum absolute atomic E-state index is 0.304. The summed E-state index contributed by atoms with van der Waals surface area (Å²) in [5.74, 6) is -0.304. The molecule has 6 nitrogen and oxygen atoms in total. The number of halogens is 1. The first-order valence-electron chi connectivity index (χ1n) is 7.40. The van der Waals surface area contributed by atoms with E-state index < -0.39 is 0 Å². The van der Waals surface area contributed by atoms with Crippen molar-refractivity contribution in [1.82, 2.24) is 30.8 Å². The van der Waals surface area contributed by atoms with Crippen LogP contribution in [0, 0.1) is 5.82 Å². The van der Waals surface area contributed by atoms with Crippen LogP contribution in [0.5, 0.6) is 0 Å². The van der Waals surface area contributed by atoms with E-state index in [0.717, 1.165) is 22.4 Å². The Kier molecular flexibility index (Phi) is 3.59. The second kappa shape index (κ2) is 6.04. The zero-order valence-corrected chi connectivity index (χ0v) is 12.6. The lowest BCUT2D eigenvalue weighted by molar-refractivity contribution is 0.630. The first kappa shape index (κ1) is 14.3. The maximum absolute atomic E-state index is 14.0. The number of hydrogen-bond donors (Lipinski definition) is 2. The summed E-state index contributed by atoms with van der Waals surface area (Å²) in [5, 5.41) is 20.4. The third-order valence-electron chi connectivity index (χ3n) is 3.80. The van der Waals surface area contributed by atoms with E-state index in [0.29, 0.717) is 17.7 Å². The number of nitrogens with one attached hydrogen (secondary N) is 2. The minimum atomic E-state index is -0.304. The number of hydrogen-bond acceptors (Lipinski definition) is 4. The Morgan fingerprint density at radius 1 is 0.833 bits per heavy atom. The van der Waals surface area contributed by atoms with Gasteiger partial charge in [-0.05, 0) is 35.7 Å². The highest BCUT2D eigenvalue weighted by molar-refractivity contribution is 5.61. The number of benzene rings is 2. The van der Waals surface area contributed by atoms with Gasteiger partial charge in [-0.2, -0.15) is 0 Å². The van der Waals surface area contributed by atoms with Gasteiger partial charge in [0.2, 0.25) is 0 Å². The van der Waals surface area contributed by atoms with Crippen LogP contribution in [0.2, 0.25) is 0 Å². The second-order valence-corrected chi connectivity index (χ2v) is 5.43. The monoisotopic (exact) mass is 320 g/mol. The Bertz CT molecular complexity index is 947. The van der Waals surface area contributed by atoms with E-state index >= 15 is 0 Å². The summed E-state index contributed by atoms with van der Waals surface area (Å²) in [5.41, 5.74) is 5.01. The maximum Gasteiger partial charge on any atom is 0.132 e. The van der Waals surface area contributed by atoms with Crippen LogP contribution >= 0.6 is 0 Å². The lowest BCUT2D eigenvalue weighted by Gasteiger charge is -2.07. The van der Waals surface area contributed by atoms with E-state index in [1.807, 2.05) is 24.3 Å². The average Bonchev–Trinajstić information content (AvgIpc) is 3.31. The highest BCUT2D eigenvalue weighted by Gasteiger charge is 2.09. The topological polar surface area (TPSA) is 83.1 Å². The van der Waals surface area contributed by atoms with Crippen molar-refractivity contribution in [2.75, 3.05) is 0 Å². The molecule has 0 aliphatic carbocycles. The fourth-order valence-electron chi connectivity index (χ4n) is 2.64. The van der Waals surface area contributed by atoms with Crippen molar-refractivity contribution in [3.8, 4) is 22.5 Å².